The molecule has 0 saturated carbocycles. The molecule has 0 spiro atoms. The van der Waals surface area contributed by atoms with E-state index in [2.05, 4.69) is 0 Å². The van der Waals surface area contributed by atoms with E-state index >= 15 is 0 Å². The zero-order valence-electron chi connectivity index (χ0n) is 12.4. The van der Waals surface area contributed by atoms with Gasteiger partial charge in [-0.3, -0.25) is 4.79 Å². The Labute approximate surface area is 128 Å². The average Bonchev–Trinajstić information content (AvgIpc) is 3.03. The van der Waals surface area contributed by atoms with Gasteiger partial charge in [0, 0.05) is 25.2 Å². The molecule has 3 rings (SSSR count). The van der Waals surface area contributed by atoms with Gasteiger partial charge in [-0.2, -0.15) is 0 Å². The second-order valence-electron chi connectivity index (χ2n) is 5.71. The zero-order valence-corrected chi connectivity index (χ0v) is 12.4. The summed E-state index contributed by atoms with van der Waals surface area (Å²) in [7, 11) is 0. The van der Waals surface area contributed by atoms with Gasteiger partial charge in [-0.25, -0.2) is 8.78 Å². The van der Waals surface area contributed by atoms with E-state index in [1.807, 2.05) is 4.90 Å². The smallest absolute Gasteiger partial charge is 0.254 e. The minimum atomic E-state index is -0.542. The van der Waals surface area contributed by atoms with Gasteiger partial charge in [0.15, 0.2) is 0 Å². The molecule has 2 saturated heterocycles. The third-order valence-corrected chi connectivity index (χ3v) is 4.36. The SMILES string of the molecule is O=C(c1ccc(N2CCOCC2)c(F)c1)N1CCCC1CF. The topological polar surface area (TPSA) is 32.8 Å². The molecule has 1 aromatic carbocycles. The first-order chi connectivity index (χ1) is 10.7. The number of anilines is 1. The molecule has 2 aliphatic rings. The summed E-state index contributed by atoms with van der Waals surface area (Å²) in [6.45, 7) is 2.43. The summed E-state index contributed by atoms with van der Waals surface area (Å²) < 4.78 is 32.5. The van der Waals surface area contributed by atoms with E-state index in [0.717, 1.165) is 6.42 Å². The number of hydrogen-bond donors (Lipinski definition) is 0. The highest BCUT2D eigenvalue weighted by molar-refractivity contribution is 5.95. The van der Waals surface area contributed by atoms with Crippen LogP contribution in [-0.4, -0.2) is 56.4 Å². The molecule has 2 heterocycles. The zero-order chi connectivity index (χ0) is 15.5. The average molecular weight is 310 g/mol. The maximum Gasteiger partial charge on any atom is 0.254 e. The summed E-state index contributed by atoms with van der Waals surface area (Å²) in [6, 6.07) is 4.16. The van der Waals surface area contributed by atoms with Crippen molar-refractivity contribution in [2.24, 2.45) is 0 Å². The van der Waals surface area contributed by atoms with Crippen LogP contribution in [-0.2, 0) is 4.74 Å². The Morgan fingerprint density at radius 3 is 2.73 bits per heavy atom. The van der Waals surface area contributed by atoms with Crippen LogP contribution in [0, 0.1) is 5.82 Å². The molecule has 1 amide bonds. The van der Waals surface area contributed by atoms with Crippen molar-refractivity contribution >= 4 is 11.6 Å². The second kappa shape index (κ2) is 6.60. The molecule has 22 heavy (non-hydrogen) atoms. The van der Waals surface area contributed by atoms with Gasteiger partial charge in [-0.1, -0.05) is 0 Å². The lowest BCUT2D eigenvalue weighted by Crippen LogP contribution is -2.37. The lowest BCUT2D eigenvalue weighted by molar-refractivity contribution is 0.0716. The minimum Gasteiger partial charge on any atom is -0.378 e. The van der Waals surface area contributed by atoms with Gasteiger partial charge in [0.05, 0.1) is 24.9 Å². The minimum absolute atomic E-state index is 0.285. The molecule has 120 valence electrons. The third kappa shape index (κ3) is 2.92. The van der Waals surface area contributed by atoms with Gasteiger partial charge < -0.3 is 14.5 Å². The maximum absolute atomic E-state index is 14.3. The van der Waals surface area contributed by atoms with Crippen molar-refractivity contribution in [3.63, 3.8) is 0 Å². The summed E-state index contributed by atoms with van der Waals surface area (Å²) in [5.41, 5.74) is 0.776. The molecule has 2 fully saturated rings. The monoisotopic (exact) mass is 310 g/mol. The summed E-state index contributed by atoms with van der Waals surface area (Å²) in [6.07, 6.45) is 1.48. The molecule has 0 aromatic heterocycles. The highest BCUT2D eigenvalue weighted by Crippen LogP contribution is 2.25. The number of ether oxygens (including phenoxy) is 1. The van der Waals surface area contributed by atoms with Crippen molar-refractivity contribution in [2.45, 2.75) is 18.9 Å². The van der Waals surface area contributed by atoms with Crippen molar-refractivity contribution in [1.29, 1.82) is 0 Å². The van der Waals surface area contributed by atoms with E-state index in [1.165, 1.54) is 11.0 Å². The highest BCUT2D eigenvalue weighted by atomic mass is 19.1. The molecule has 1 atom stereocenters. The van der Waals surface area contributed by atoms with Crippen molar-refractivity contribution in [1.82, 2.24) is 4.90 Å². The first-order valence-electron chi connectivity index (χ1n) is 7.70. The molecule has 0 bridgehead atoms. The Morgan fingerprint density at radius 2 is 2.05 bits per heavy atom. The molecular weight excluding hydrogens is 290 g/mol. The van der Waals surface area contributed by atoms with Crippen LogP contribution in [0.15, 0.2) is 18.2 Å². The Morgan fingerprint density at radius 1 is 1.27 bits per heavy atom. The Bertz CT molecular complexity index is 547. The first-order valence-corrected chi connectivity index (χ1v) is 7.70. The van der Waals surface area contributed by atoms with Crippen molar-refractivity contribution in [3.05, 3.63) is 29.6 Å². The van der Waals surface area contributed by atoms with Crippen molar-refractivity contribution in [2.75, 3.05) is 44.4 Å². The number of rotatable bonds is 3. The van der Waals surface area contributed by atoms with Crippen molar-refractivity contribution in [3.8, 4) is 0 Å². The van der Waals surface area contributed by atoms with Gasteiger partial charge >= 0.3 is 0 Å². The number of morpholine rings is 1. The number of carbonyl (C=O) groups excluding carboxylic acids is 1. The molecule has 2 aliphatic heterocycles. The third-order valence-electron chi connectivity index (χ3n) is 4.36. The van der Waals surface area contributed by atoms with E-state index in [9.17, 15) is 13.6 Å². The fourth-order valence-corrected chi connectivity index (χ4v) is 3.13. The molecule has 1 unspecified atom stereocenters. The largest absolute Gasteiger partial charge is 0.378 e. The van der Waals surface area contributed by atoms with Crippen LogP contribution >= 0.6 is 0 Å². The number of nitrogens with zero attached hydrogens (tertiary/aromatic N) is 2. The summed E-state index contributed by atoms with van der Waals surface area (Å²) in [5, 5.41) is 0. The van der Waals surface area contributed by atoms with Crippen LogP contribution in [0.4, 0.5) is 14.5 Å². The van der Waals surface area contributed by atoms with Gasteiger partial charge in [0.2, 0.25) is 0 Å². The number of amides is 1. The molecule has 0 N–H and O–H groups in total. The van der Waals surface area contributed by atoms with Crippen LogP contribution in [0.2, 0.25) is 0 Å². The van der Waals surface area contributed by atoms with E-state index in [4.69, 9.17) is 4.74 Å². The lowest BCUT2D eigenvalue weighted by atomic mass is 10.1. The molecule has 0 aliphatic carbocycles. The Kier molecular flexibility index (Phi) is 4.57. The number of halogens is 2. The van der Waals surface area contributed by atoms with Crippen LogP contribution in [0.25, 0.3) is 0 Å². The maximum atomic E-state index is 14.3. The number of benzene rings is 1. The summed E-state index contributed by atoms with van der Waals surface area (Å²) >= 11 is 0. The number of alkyl halides is 1. The predicted molar refractivity (Wildman–Crippen MR) is 79.5 cm³/mol. The van der Waals surface area contributed by atoms with E-state index in [-0.39, 0.29) is 17.5 Å². The Hall–Kier alpha value is -1.69. The van der Waals surface area contributed by atoms with E-state index in [1.54, 1.807) is 12.1 Å². The van der Waals surface area contributed by atoms with E-state index in [0.29, 0.717) is 45.0 Å². The van der Waals surface area contributed by atoms with Crippen molar-refractivity contribution < 1.29 is 18.3 Å². The summed E-state index contributed by atoms with van der Waals surface area (Å²) in [4.78, 5) is 15.8. The quantitative estimate of drug-likeness (QED) is 0.858. The highest BCUT2D eigenvalue weighted by Gasteiger charge is 2.29. The molecule has 6 heteroatoms. The van der Waals surface area contributed by atoms with Gasteiger partial charge in [-0.15, -0.1) is 0 Å². The second-order valence-corrected chi connectivity index (χ2v) is 5.71. The van der Waals surface area contributed by atoms with Crippen LogP contribution < -0.4 is 4.90 Å². The Balaban J connectivity index is 1.77. The molecule has 1 aromatic rings. The normalized spacial score (nSPS) is 22.2. The van der Waals surface area contributed by atoms with Gasteiger partial charge in [-0.05, 0) is 31.0 Å². The predicted octanol–water partition coefficient (Wildman–Crippen LogP) is 2.24. The van der Waals surface area contributed by atoms with Crippen LogP contribution in [0.5, 0.6) is 0 Å². The molecular formula is C16H20F2N2O2. The van der Waals surface area contributed by atoms with Crippen LogP contribution in [0.1, 0.15) is 23.2 Å². The summed E-state index contributed by atoms with van der Waals surface area (Å²) in [5.74, 6) is -0.698. The van der Waals surface area contributed by atoms with E-state index < -0.39 is 12.5 Å². The molecule has 0 radical (unpaired) electrons. The number of carbonyl (C=O) groups is 1. The first kappa shape index (κ1) is 15.2. The fourth-order valence-electron chi connectivity index (χ4n) is 3.13. The number of likely N-dealkylation sites (tertiary alicyclic amines) is 1. The van der Waals surface area contributed by atoms with Gasteiger partial charge in [0.1, 0.15) is 12.5 Å². The molecule has 4 nitrogen and oxygen atoms in total. The standard InChI is InChI=1S/C16H20F2N2O2/c17-11-13-2-1-5-20(13)16(21)12-3-4-15(14(18)10-12)19-6-8-22-9-7-19/h3-4,10,13H,1-2,5-9,11H2. The number of hydrogen-bond acceptors (Lipinski definition) is 3. The lowest BCUT2D eigenvalue weighted by Gasteiger charge is -2.29. The van der Waals surface area contributed by atoms with Gasteiger partial charge in [0.25, 0.3) is 5.91 Å². The fraction of sp³-hybridized carbons (Fsp3) is 0.562. The van der Waals surface area contributed by atoms with Crippen LogP contribution in [0.3, 0.4) is 0 Å².